The van der Waals surface area contributed by atoms with Crippen LogP contribution in [-0.2, 0) is 19.7 Å². The molecule has 3 rings (SSSR count). The fourth-order valence-electron chi connectivity index (χ4n) is 3.56. The van der Waals surface area contributed by atoms with E-state index in [1.807, 2.05) is 61.3 Å². The van der Waals surface area contributed by atoms with Gasteiger partial charge in [0.2, 0.25) is 0 Å². The van der Waals surface area contributed by atoms with Crippen LogP contribution in [-0.4, -0.2) is 32.0 Å². The van der Waals surface area contributed by atoms with E-state index < -0.39 is 5.97 Å². The first-order valence-corrected chi connectivity index (χ1v) is 9.72. The van der Waals surface area contributed by atoms with Crippen molar-refractivity contribution in [1.82, 2.24) is 0 Å². The SMILES string of the molecule is Cc1ccc(OCCC(=O)OCC(=O)C=C2N(C)c3ccccc3C2(C)C)cc1. The molecule has 1 aliphatic heterocycles. The molecule has 0 saturated carbocycles. The van der Waals surface area contributed by atoms with Crippen LogP contribution in [0, 0.1) is 6.92 Å². The summed E-state index contributed by atoms with van der Waals surface area (Å²) in [4.78, 5) is 26.3. The molecule has 1 aliphatic rings. The van der Waals surface area contributed by atoms with Crippen molar-refractivity contribution in [3.05, 3.63) is 71.4 Å². The van der Waals surface area contributed by atoms with Crippen LogP contribution in [0.2, 0.25) is 0 Å². The predicted molar refractivity (Wildman–Crippen MR) is 113 cm³/mol. The number of para-hydroxylation sites is 1. The molecule has 5 nitrogen and oxygen atoms in total. The van der Waals surface area contributed by atoms with Gasteiger partial charge in [0.15, 0.2) is 12.4 Å². The van der Waals surface area contributed by atoms with Gasteiger partial charge in [-0.05, 0) is 30.7 Å². The summed E-state index contributed by atoms with van der Waals surface area (Å²) in [5.41, 5.74) is 4.01. The number of aryl methyl sites for hydroxylation is 1. The van der Waals surface area contributed by atoms with Gasteiger partial charge < -0.3 is 14.4 Å². The Bertz CT molecular complexity index is 928. The van der Waals surface area contributed by atoms with Crippen LogP contribution in [0.15, 0.2) is 60.3 Å². The third kappa shape index (κ3) is 4.67. The number of carbonyl (C=O) groups is 2. The lowest BCUT2D eigenvalue weighted by atomic mass is 9.83. The lowest BCUT2D eigenvalue weighted by molar-refractivity contribution is -0.147. The number of anilines is 1. The third-order valence-corrected chi connectivity index (χ3v) is 5.21. The number of hydrogen-bond donors (Lipinski definition) is 0. The van der Waals surface area contributed by atoms with Crippen molar-refractivity contribution in [1.29, 1.82) is 0 Å². The van der Waals surface area contributed by atoms with Gasteiger partial charge in [0, 0.05) is 29.9 Å². The van der Waals surface area contributed by atoms with Gasteiger partial charge >= 0.3 is 5.97 Å². The van der Waals surface area contributed by atoms with Crippen molar-refractivity contribution in [2.24, 2.45) is 0 Å². The molecule has 5 heteroatoms. The van der Waals surface area contributed by atoms with E-state index in [1.165, 1.54) is 5.56 Å². The lowest BCUT2D eigenvalue weighted by Crippen LogP contribution is -2.25. The molecule has 0 unspecified atom stereocenters. The molecule has 0 fully saturated rings. The van der Waals surface area contributed by atoms with Gasteiger partial charge in [-0.25, -0.2) is 0 Å². The Morgan fingerprint density at radius 2 is 1.76 bits per heavy atom. The summed E-state index contributed by atoms with van der Waals surface area (Å²) in [6, 6.07) is 15.7. The molecule has 29 heavy (non-hydrogen) atoms. The Balaban J connectivity index is 1.50. The fourth-order valence-corrected chi connectivity index (χ4v) is 3.56. The second-order valence-corrected chi connectivity index (χ2v) is 7.77. The molecule has 0 amide bonds. The van der Waals surface area contributed by atoms with E-state index in [0.717, 1.165) is 16.9 Å². The Kier molecular flexibility index (Phi) is 6.06. The van der Waals surface area contributed by atoms with E-state index in [0.29, 0.717) is 5.75 Å². The summed E-state index contributed by atoms with van der Waals surface area (Å²) in [6.07, 6.45) is 1.67. The summed E-state index contributed by atoms with van der Waals surface area (Å²) in [5, 5.41) is 0. The molecule has 2 aromatic rings. The highest BCUT2D eigenvalue weighted by Gasteiger charge is 2.38. The number of benzene rings is 2. The zero-order valence-electron chi connectivity index (χ0n) is 17.4. The Morgan fingerprint density at radius 1 is 1.07 bits per heavy atom. The normalized spacial score (nSPS) is 15.9. The van der Waals surface area contributed by atoms with Gasteiger partial charge in [-0.15, -0.1) is 0 Å². The van der Waals surface area contributed by atoms with Crippen molar-refractivity contribution in [2.75, 3.05) is 25.2 Å². The molecule has 0 N–H and O–H groups in total. The van der Waals surface area contributed by atoms with Crippen molar-refractivity contribution < 1.29 is 19.1 Å². The van der Waals surface area contributed by atoms with E-state index in [2.05, 4.69) is 19.9 Å². The third-order valence-electron chi connectivity index (χ3n) is 5.21. The van der Waals surface area contributed by atoms with Crippen LogP contribution in [0.1, 0.15) is 31.4 Å². The van der Waals surface area contributed by atoms with Gasteiger partial charge in [-0.3, -0.25) is 9.59 Å². The van der Waals surface area contributed by atoms with Crippen LogP contribution in [0.5, 0.6) is 5.75 Å². The molecule has 0 saturated heterocycles. The average Bonchev–Trinajstić information content (AvgIpc) is 2.89. The van der Waals surface area contributed by atoms with Gasteiger partial charge in [-0.1, -0.05) is 49.7 Å². The lowest BCUT2D eigenvalue weighted by Gasteiger charge is -2.23. The van der Waals surface area contributed by atoms with Crippen LogP contribution < -0.4 is 9.64 Å². The zero-order valence-corrected chi connectivity index (χ0v) is 17.4. The molecule has 1 heterocycles. The highest BCUT2D eigenvalue weighted by Crippen LogP contribution is 2.46. The van der Waals surface area contributed by atoms with Crippen molar-refractivity contribution in [2.45, 2.75) is 32.6 Å². The second kappa shape index (κ2) is 8.52. The standard InChI is InChI=1S/C24H27NO4/c1-17-9-11-19(12-10-17)28-14-13-23(27)29-16-18(26)15-22-24(2,3)20-7-5-6-8-21(20)25(22)4/h5-12,15H,13-14,16H2,1-4H3. The monoisotopic (exact) mass is 393 g/mol. The Morgan fingerprint density at radius 3 is 2.45 bits per heavy atom. The summed E-state index contributed by atoms with van der Waals surface area (Å²) in [7, 11) is 1.95. The molecule has 0 bridgehead atoms. The van der Waals surface area contributed by atoms with Gasteiger partial charge in [0.25, 0.3) is 0 Å². The first kappa shape index (κ1) is 20.6. The van der Waals surface area contributed by atoms with Crippen molar-refractivity contribution >= 4 is 17.4 Å². The zero-order chi connectivity index (χ0) is 21.0. The largest absolute Gasteiger partial charge is 0.493 e. The number of ether oxygens (including phenoxy) is 2. The van der Waals surface area contributed by atoms with Crippen molar-refractivity contribution in [3.8, 4) is 5.75 Å². The van der Waals surface area contributed by atoms with Gasteiger partial charge in [0.1, 0.15) is 5.75 Å². The molecule has 0 aliphatic carbocycles. The van der Waals surface area contributed by atoms with Crippen LogP contribution >= 0.6 is 0 Å². The molecule has 0 aromatic heterocycles. The number of carbonyl (C=O) groups excluding carboxylic acids is 2. The predicted octanol–water partition coefficient (Wildman–Crippen LogP) is 4.19. The minimum absolute atomic E-state index is 0.0918. The van der Waals surface area contributed by atoms with E-state index >= 15 is 0 Å². The maximum atomic E-state index is 12.4. The highest BCUT2D eigenvalue weighted by molar-refractivity contribution is 5.94. The highest BCUT2D eigenvalue weighted by atomic mass is 16.5. The fraction of sp³-hybridized carbons (Fsp3) is 0.333. The van der Waals surface area contributed by atoms with Gasteiger partial charge in [-0.2, -0.15) is 0 Å². The molecule has 0 atom stereocenters. The number of nitrogens with zero attached hydrogens (tertiary/aromatic N) is 1. The summed E-state index contributed by atoms with van der Waals surface area (Å²) < 4.78 is 10.6. The first-order chi connectivity index (χ1) is 13.8. The van der Waals surface area contributed by atoms with E-state index in [1.54, 1.807) is 6.08 Å². The number of ketones is 1. The molecule has 152 valence electrons. The maximum absolute atomic E-state index is 12.4. The second-order valence-electron chi connectivity index (χ2n) is 7.77. The number of allylic oxidation sites excluding steroid dienone is 1. The van der Waals surface area contributed by atoms with E-state index in [4.69, 9.17) is 9.47 Å². The van der Waals surface area contributed by atoms with Crippen LogP contribution in [0.25, 0.3) is 0 Å². The minimum atomic E-state index is -0.453. The number of hydrogen-bond acceptors (Lipinski definition) is 5. The number of fused-ring (bicyclic) bond motifs is 1. The molecular weight excluding hydrogens is 366 g/mol. The maximum Gasteiger partial charge on any atom is 0.309 e. The average molecular weight is 393 g/mol. The topological polar surface area (TPSA) is 55.8 Å². The van der Waals surface area contributed by atoms with Crippen LogP contribution in [0.4, 0.5) is 5.69 Å². The summed E-state index contributed by atoms with van der Waals surface area (Å²) in [6.45, 7) is 6.11. The molecule has 0 spiro atoms. The minimum Gasteiger partial charge on any atom is -0.493 e. The summed E-state index contributed by atoms with van der Waals surface area (Å²) >= 11 is 0. The smallest absolute Gasteiger partial charge is 0.309 e. The molecule has 2 aromatic carbocycles. The first-order valence-electron chi connectivity index (χ1n) is 9.72. The number of esters is 1. The molecule has 0 radical (unpaired) electrons. The number of likely N-dealkylation sites (N-methyl/N-ethyl adjacent to an activating group) is 1. The quantitative estimate of drug-likeness (QED) is 0.522. The summed E-state index contributed by atoms with van der Waals surface area (Å²) in [5.74, 6) is 0.0157. The number of rotatable bonds is 7. The molecular formula is C24H27NO4. The van der Waals surface area contributed by atoms with E-state index in [9.17, 15) is 9.59 Å². The Hall–Kier alpha value is -3.08. The van der Waals surface area contributed by atoms with Crippen LogP contribution in [0.3, 0.4) is 0 Å². The van der Waals surface area contributed by atoms with Gasteiger partial charge in [0.05, 0.1) is 13.0 Å². The van der Waals surface area contributed by atoms with Crippen molar-refractivity contribution in [3.63, 3.8) is 0 Å². The Labute approximate surface area is 171 Å². The van der Waals surface area contributed by atoms with E-state index in [-0.39, 0.29) is 30.8 Å².